The van der Waals surface area contributed by atoms with Gasteiger partial charge in [-0.3, -0.25) is 50.1 Å². The predicted octanol–water partition coefficient (Wildman–Crippen LogP) is 9.97. The van der Waals surface area contributed by atoms with Gasteiger partial charge >= 0.3 is 18.1 Å². The number of carbonyl (C=O) groups excluding carboxylic acids is 6. The fraction of sp³-hybridized carbons (Fsp3) is 0.219. The van der Waals surface area contributed by atoms with Crippen molar-refractivity contribution < 1.29 is 28.8 Å². The average molecular weight is 1200 g/mol. The van der Waals surface area contributed by atoms with E-state index < -0.39 is 6.03 Å². The molecule has 3 aromatic carbocycles. The number of carbonyl (C=O) groups is 6. The van der Waals surface area contributed by atoms with E-state index in [4.69, 9.17) is 0 Å². The number of aromatic nitrogens is 12. The number of aromatic amines is 3. The number of hydrogen-bond donors (Lipinski definition) is 9. The molecule has 1 saturated carbocycles. The second-order valence-electron chi connectivity index (χ2n) is 20.7. The number of benzene rings is 3. The van der Waals surface area contributed by atoms with Crippen LogP contribution >= 0.6 is 0 Å². The van der Waals surface area contributed by atoms with Crippen molar-refractivity contribution in [1.82, 2.24) is 74.9 Å². The number of urea groups is 3. The van der Waals surface area contributed by atoms with E-state index in [1.165, 1.54) is 0 Å². The Labute approximate surface area is 509 Å². The number of nitrogens with zero attached hydrogens (tertiary/aromatic N) is 9. The lowest BCUT2D eigenvalue weighted by Crippen LogP contribution is -2.28. The smallest absolute Gasteiger partial charge is 0.321 e. The van der Waals surface area contributed by atoms with E-state index in [-0.39, 0.29) is 52.8 Å². The molecule has 11 aromatic rings. The van der Waals surface area contributed by atoms with Gasteiger partial charge in [-0.1, -0.05) is 25.1 Å². The topological polar surface area (TPSA) is 339 Å². The molecule has 9 N–H and O–H groups in total. The van der Waals surface area contributed by atoms with Gasteiger partial charge in [-0.25, -0.2) is 34.3 Å². The Morgan fingerprint density at radius 3 is 1.49 bits per heavy atom. The monoisotopic (exact) mass is 1200 g/mol. The number of amides is 6. The van der Waals surface area contributed by atoms with E-state index in [9.17, 15) is 33.6 Å². The van der Waals surface area contributed by atoms with Crippen molar-refractivity contribution in [2.45, 2.75) is 60.4 Å². The zero-order valence-corrected chi connectivity index (χ0v) is 49.6. The fourth-order valence-corrected chi connectivity index (χ4v) is 9.82. The molecule has 8 heterocycles. The van der Waals surface area contributed by atoms with E-state index in [0.717, 1.165) is 46.5 Å². The first-order valence-electron chi connectivity index (χ1n) is 28.9. The van der Waals surface area contributed by atoms with Crippen molar-refractivity contribution in [3.63, 3.8) is 0 Å². The Morgan fingerprint density at radius 1 is 0.551 bits per heavy atom. The Bertz CT molecular complexity index is 4490. The number of Topliss-reactive ketones (excluding diaryl/α,β-unsaturated/α-hetero) is 2. The standard InChI is InChI=1S/C25H26N6O3.C20H19N7O2.C19H19N5O2/c1-4-21(32)19-11-17(12-20-23(19)29-24(28-20)30-25(34)26-5-2)16-10-15(3)31(22(33)13-16)14-18-8-6-7-9-27-18;1-3-22-20(29)26-19-24-15-10-13(12-5-4-6-21-11-12)9-14(16(15)25-19)17(28)18-23-7-8-27(18)2;1-2-21-19(26)24-18-22-15-9-13(12-4-3-7-20-10-12)8-14(16(15)23-18)17(25)11-5-6-11/h6-13H,4-5,14H2,1-3H3,(H3,26,28,29,30,34);4-11H,3H2,1-2H3,(H3,22,24,25,26,29);3-4,7-11H,2,5-6H2,1H3,(H3,21,22,23,24,26). The summed E-state index contributed by atoms with van der Waals surface area (Å²) >= 11 is 0. The predicted molar refractivity (Wildman–Crippen MR) is 339 cm³/mol. The first-order valence-corrected chi connectivity index (χ1v) is 28.9. The van der Waals surface area contributed by atoms with Gasteiger partial charge in [0.05, 0.1) is 34.4 Å². The minimum absolute atomic E-state index is 0.0804. The maximum Gasteiger partial charge on any atom is 0.321 e. The van der Waals surface area contributed by atoms with Crippen LogP contribution in [0.25, 0.3) is 66.5 Å². The molecule has 0 saturated heterocycles. The minimum atomic E-state index is -0.391. The number of rotatable bonds is 17. The van der Waals surface area contributed by atoms with Crippen molar-refractivity contribution in [1.29, 1.82) is 0 Å². The number of nitrogens with one attached hydrogen (secondary N) is 9. The molecular formula is C64H64N18O7. The number of H-pyrrole nitrogens is 3. The van der Waals surface area contributed by atoms with Crippen LogP contribution in [0.15, 0.2) is 139 Å². The van der Waals surface area contributed by atoms with Crippen LogP contribution in [0.1, 0.15) is 95.2 Å². The second-order valence-corrected chi connectivity index (χ2v) is 20.7. The van der Waals surface area contributed by atoms with Gasteiger partial charge in [-0.05, 0) is 130 Å². The lowest BCUT2D eigenvalue weighted by molar-refractivity contribution is 0.0966. The number of hydrogen-bond acceptors (Lipinski definition) is 14. The molecule has 0 atom stereocenters. The van der Waals surface area contributed by atoms with E-state index >= 15 is 0 Å². The van der Waals surface area contributed by atoms with Crippen LogP contribution in [0.3, 0.4) is 0 Å². The van der Waals surface area contributed by atoms with Crippen molar-refractivity contribution in [3.8, 4) is 33.4 Å². The second kappa shape index (κ2) is 27.3. The van der Waals surface area contributed by atoms with Crippen LogP contribution in [0.4, 0.5) is 32.2 Å². The van der Waals surface area contributed by atoms with Gasteiger partial charge in [-0.15, -0.1) is 0 Å². The van der Waals surface area contributed by atoms with Crippen LogP contribution in [-0.2, 0) is 13.6 Å². The minimum Gasteiger partial charge on any atom is -0.338 e. The number of imidazole rings is 4. The molecule has 1 aliphatic carbocycles. The summed E-state index contributed by atoms with van der Waals surface area (Å²) in [5.41, 5.74) is 11.1. The van der Waals surface area contributed by atoms with Gasteiger partial charge in [0.25, 0.3) is 5.56 Å². The number of fused-ring (bicyclic) bond motifs is 3. The van der Waals surface area contributed by atoms with Gasteiger partial charge < -0.3 is 40.0 Å². The van der Waals surface area contributed by atoms with Gasteiger partial charge in [-0.2, -0.15) is 0 Å². The summed E-state index contributed by atoms with van der Waals surface area (Å²) in [7, 11) is 1.76. The van der Waals surface area contributed by atoms with Crippen LogP contribution < -0.4 is 37.5 Å². The van der Waals surface area contributed by atoms with Crippen molar-refractivity contribution >= 4 is 86.4 Å². The molecule has 1 aliphatic rings. The largest absolute Gasteiger partial charge is 0.338 e. The van der Waals surface area contributed by atoms with Gasteiger partial charge in [0, 0.05) is 116 Å². The molecule has 0 radical (unpaired) electrons. The number of pyridine rings is 4. The Morgan fingerprint density at radius 2 is 1.04 bits per heavy atom. The summed E-state index contributed by atoms with van der Waals surface area (Å²) in [4.78, 5) is 126. The highest BCUT2D eigenvalue weighted by molar-refractivity contribution is 6.15. The van der Waals surface area contributed by atoms with Crippen LogP contribution in [-0.4, -0.2) is 114 Å². The van der Waals surface area contributed by atoms with Gasteiger partial charge in [0.2, 0.25) is 23.6 Å². The molecule has 0 aliphatic heterocycles. The third-order valence-electron chi connectivity index (χ3n) is 14.3. The average Bonchev–Trinajstić information content (AvgIpc) is 1.85. The molecule has 0 unspecified atom stereocenters. The Hall–Kier alpha value is -11.5. The zero-order valence-electron chi connectivity index (χ0n) is 49.6. The zero-order chi connectivity index (χ0) is 62.7. The number of ketones is 3. The molecule has 452 valence electrons. The van der Waals surface area contributed by atoms with Crippen LogP contribution in [0.5, 0.6) is 0 Å². The Balaban J connectivity index is 0.000000148. The summed E-state index contributed by atoms with van der Waals surface area (Å²) in [6.45, 7) is 11.0. The van der Waals surface area contributed by atoms with E-state index in [1.54, 1.807) is 84.7 Å². The van der Waals surface area contributed by atoms with E-state index in [0.29, 0.717) is 105 Å². The summed E-state index contributed by atoms with van der Waals surface area (Å²) in [5.74, 6) is 0.964. The number of aryl methyl sites for hydroxylation is 2. The maximum absolute atomic E-state index is 13.2. The van der Waals surface area contributed by atoms with Gasteiger partial charge in [0.1, 0.15) is 16.6 Å². The fourth-order valence-electron chi connectivity index (χ4n) is 9.82. The molecule has 6 amide bonds. The number of anilines is 3. The third-order valence-corrected chi connectivity index (χ3v) is 14.3. The van der Waals surface area contributed by atoms with E-state index in [1.807, 2.05) is 100 Å². The Kier molecular flexibility index (Phi) is 18.6. The first kappa shape index (κ1) is 60.6. The third kappa shape index (κ3) is 14.3. The van der Waals surface area contributed by atoms with Gasteiger partial charge in [0.15, 0.2) is 17.4 Å². The molecule has 12 rings (SSSR count). The SMILES string of the molecule is CCNC(=O)Nc1nc2c(C(=O)C3CC3)cc(-c3cccnc3)cc2[nH]1.CCNC(=O)Nc1nc2c(C(=O)CC)cc(-c3cc(C)n(Cc4ccccn4)c(=O)c3)cc2[nH]1.CCNC(=O)Nc1nc2c(C(=O)c3nccn3C)cc(-c3cccnc3)cc2[nH]1. The molecule has 8 aromatic heterocycles. The maximum atomic E-state index is 13.2. The molecule has 25 nitrogen and oxygen atoms in total. The molecule has 1 fully saturated rings. The van der Waals surface area contributed by atoms with Crippen molar-refractivity contribution in [3.05, 3.63) is 179 Å². The molecule has 25 heteroatoms. The highest BCUT2D eigenvalue weighted by Crippen LogP contribution is 2.37. The summed E-state index contributed by atoms with van der Waals surface area (Å²) in [6, 6.07) is 26.5. The van der Waals surface area contributed by atoms with Crippen LogP contribution in [0.2, 0.25) is 0 Å². The molecule has 89 heavy (non-hydrogen) atoms. The van der Waals surface area contributed by atoms with Crippen molar-refractivity contribution in [2.75, 3.05) is 35.6 Å². The van der Waals surface area contributed by atoms with Crippen LogP contribution in [0, 0.1) is 12.8 Å². The summed E-state index contributed by atoms with van der Waals surface area (Å²) < 4.78 is 3.32. The molecule has 0 spiro atoms. The lowest BCUT2D eigenvalue weighted by atomic mass is 9.99. The quantitative estimate of drug-likeness (QED) is 0.0383. The lowest BCUT2D eigenvalue weighted by Gasteiger charge is -2.12. The highest BCUT2D eigenvalue weighted by Gasteiger charge is 2.33. The van der Waals surface area contributed by atoms with Crippen molar-refractivity contribution in [2.24, 2.45) is 13.0 Å². The van der Waals surface area contributed by atoms with E-state index in [2.05, 4.69) is 81.7 Å². The summed E-state index contributed by atoms with van der Waals surface area (Å²) in [6.07, 6.45) is 14.0. The molecular weight excluding hydrogens is 1130 g/mol. The highest BCUT2D eigenvalue weighted by atomic mass is 16.2. The molecule has 0 bridgehead atoms. The summed E-state index contributed by atoms with van der Waals surface area (Å²) in [5, 5.41) is 15.9. The normalized spacial score (nSPS) is 11.7. The first-order chi connectivity index (χ1) is 43.1.